The summed E-state index contributed by atoms with van der Waals surface area (Å²) in [6, 6.07) is 0. The van der Waals surface area contributed by atoms with Crippen molar-refractivity contribution in [3.63, 3.8) is 0 Å². The van der Waals surface area contributed by atoms with Crippen LogP contribution in [0.15, 0.2) is 12.2 Å². The molecular formula is C17H32O2. The zero-order valence-corrected chi connectivity index (χ0v) is 13.6. The molecule has 2 nitrogen and oxygen atoms in total. The third-order valence-corrected chi connectivity index (χ3v) is 3.91. The highest BCUT2D eigenvalue weighted by Crippen LogP contribution is 2.30. The first kappa shape index (κ1) is 18.2. The zero-order valence-electron chi connectivity index (χ0n) is 13.6. The molecule has 0 aliphatic carbocycles. The van der Waals surface area contributed by atoms with E-state index < -0.39 is 0 Å². The van der Waals surface area contributed by atoms with Crippen LogP contribution in [0.3, 0.4) is 0 Å². The topological polar surface area (TPSA) is 26.3 Å². The molecule has 0 spiro atoms. The highest BCUT2D eigenvalue weighted by atomic mass is 16.5. The van der Waals surface area contributed by atoms with E-state index in [1.165, 1.54) is 38.5 Å². The Hall–Kier alpha value is -0.790. The fraction of sp³-hybridized carbons (Fsp3) is 0.824. The first-order valence-electron chi connectivity index (χ1n) is 7.67. The second-order valence-electron chi connectivity index (χ2n) is 6.33. The Labute approximate surface area is 119 Å². The molecule has 19 heavy (non-hydrogen) atoms. The van der Waals surface area contributed by atoms with E-state index in [0.717, 1.165) is 6.42 Å². The molecule has 0 bridgehead atoms. The average Bonchev–Trinajstić information content (AvgIpc) is 2.33. The first-order chi connectivity index (χ1) is 8.81. The fourth-order valence-electron chi connectivity index (χ4n) is 1.98. The number of unbranched alkanes of at least 4 members (excludes halogenated alkanes) is 5. The minimum absolute atomic E-state index is 0.0376. The summed E-state index contributed by atoms with van der Waals surface area (Å²) < 4.78 is 5.43. The van der Waals surface area contributed by atoms with Crippen molar-refractivity contribution in [1.82, 2.24) is 0 Å². The molecule has 0 aromatic rings. The molecule has 0 radical (unpaired) electrons. The predicted octanol–water partition coefficient (Wildman–Crippen LogP) is 5.27. The molecule has 0 fully saturated rings. The van der Waals surface area contributed by atoms with Gasteiger partial charge in [-0.2, -0.15) is 0 Å². The minimum atomic E-state index is -0.275. The van der Waals surface area contributed by atoms with Crippen LogP contribution in [0.1, 0.15) is 79.6 Å². The van der Waals surface area contributed by atoms with Crippen LogP contribution in [-0.2, 0) is 9.53 Å². The maximum Gasteiger partial charge on any atom is 0.333 e. The Kier molecular flexibility index (Phi) is 8.79. The summed E-state index contributed by atoms with van der Waals surface area (Å²) in [5, 5.41) is 0. The molecule has 0 aromatic heterocycles. The van der Waals surface area contributed by atoms with Crippen LogP contribution in [-0.4, -0.2) is 12.1 Å². The smallest absolute Gasteiger partial charge is 0.333 e. The second kappa shape index (κ2) is 9.17. The maximum atomic E-state index is 11.5. The van der Waals surface area contributed by atoms with Crippen LogP contribution in [0.5, 0.6) is 0 Å². The molecule has 1 unspecified atom stereocenters. The number of rotatable bonds is 10. The second-order valence-corrected chi connectivity index (χ2v) is 6.33. The van der Waals surface area contributed by atoms with Crippen LogP contribution in [0.25, 0.3) is 0 Å². The highest BCUT2D eigenvalue weighted by Gasteiger charge is 2.28. The molecule has 0 heterocycles. The maximum absolute atomic E-state index is 11.5. The Balaban J connectivity index is 3.95. The molecule has 0 amide bonds. The number of esters is 1. The van der Waals surface area contributed by atoms with Gasteiger partial charge in [0, 0.05) is 11.0 Å². The van der Waals surface area contributed by atoms with Crippen LogP contribution < -0.4 is 0 Å². The third kappa shape index (κ3) is 8.07. The van der Waals surface area contributed by atoms with Gasteiger partial charge in [0.15, 0.2) is 0 Å². The Morgan fingerprint density at radius 2 is 1.68 bits per heavy atom. The van der Waals surface area contributed by atoms with Gasteiger partial charge in [-0.25, -0.2) is 4.79 Å². The van der Waals surface area contributed by atoms with Crippen molar-refractivity contribution < 1.29 is 9.53 Å². The van der Waals surface area contributed by atoms with Crippen LogP contribution >= 0.6 is 0 Å². The van der Waals surface area contributed by atoms with Gasteiger partial charge in [0.1, 0.15) is 6.10 Å². The Morgan fingerprint density at radius 3 is 2.21 bits per heavy atom. The summed E-state index contributed by atoms with van der Waals surface area (Å²) in [6.45, 7) is 13.9. The lowest BCUT2D eigenvalue weighted by Gasteiger charge is -2.31. The lowest BCUT2D eigenvalue weighted by Crippen LogP contribution is -2.31. The van der Waals surface area contributed by atoms with Gasteiger partial charge >= 0.3 is 5.97 Å². The molecular weight excluding hydrogens is 236 g/mol. The molecule has 0 aliphatic rings. The lowest BCUT2D eigenvalue weighted by atomic mass is 9.82. The quantitative estimate of drug-likeness (QED) is 0.306. The number of ether oxygens (including phenoxy) is 1. The largest absolute Gasteiger partial charge is 0.459 e. The molecule has 2 heteroatoms. The summed E-state index contributed by atoms with van der Waals surface area (Å²) in [5.74, 6) is -0.275. The van der Waals surface area contributed by atoms with Gasteiger partial charge in [-0.05, 0) is 20.3 Å². The summed E-state index contributed by atoms with van der Waals surface area (Å²) >= 11 is 0. The first-order valence-corrected chi connectivity index (χ1v) is 7.67. The van der Waals surface area contributed by atoms with Crippen molar-refractivity contribution in [1.29, 1.82) is 0 Å². The highest BCUT2D eigenvalue weighted by molar-refractivity contribution is 5.87. The van der Waals surface area contributed by atoms with Crippen molar-refractivity contribution in [3.8, 4) is 0 Å². The molecule has 0 aliphatic heterocycles. The van der Waals surface area contributed by atoms with Gasteiger partial charge in [0.2, 0.25) is 0 Å². The van der Waals surface area contributed by atoms with E-state index >= 15 is 0 Å². The summed E-state index contributed by atoms with van der Waals surface area (Å²) in [5.41, 5.74) is 0.512. The van der Waals surface area contributed by atoms with Gasteiger partial charge < -0.3 is 4.74 Å². The molecule has 0 N–H and O–H groups in total. The van der Waals surface area contributed by atoms with E-state index in [0.29, 0.717) is 5.57 Å². The van der Waals surface area contributed by atoms with Crippen LogP contribution in [0.2, 0.25) is 0 Å². The molecule has 0 saturated carbocycles. The monoisotopic (exact) mass is 268 g/mol. The van der Waals surface area contributed by atoms with E-state index in [9.17, 15) is 4.79 Å². The summed E-state index contributed by atoms with van der Waals surface area (Å²) in [6.07, 6.45) is 8.84. The Bertz CT molecular complexity index is 279. The third-order valence-electron chi connectivity index (χ3n) is 3.91. The van der Waals surface area contributed by atoms with Crippen molar-refractivity contribution >= 4 is 5.97 Å². The summed E-state index contributed by atoms with van der Waals surface area (Å²) in [4.78, 5) is 11.5. The van der Waals surface area contributed by atoms with E-state index in [1.807, 2.05) is 6.92 Å². The van der Waals surface area contributed by atoms with Crippen LogP contribution in [0.4, 0.5) is 0 Å². The van der Waals surface area contributed by atoms with E-state index in [4.69, 9.17) is 4.74 Å². The zero-order chi connectivity index (χ0) is 14.9. The van der Waals surface area contributed by atoms with Crippen molar-refractivity contribution in [2.75, 3.05) is 0 Å². The molecule has 112 valence electrons. The fourth-order valence-corrected chi connectivity index (χ4v) is 1.98. The number of hydrogen-bond donors (Lipinski definition) is 0. The van der Waals surface area contributed by atoms with E-state index in [-0.39, 0.29) is 17.5 Å². The average molecular weight is 268 g/mol. The van der Waals surface area contributed by atoms with E-state index in [2.05, 4.69) is 27.4 Å². The number of carbonyl (C=O) groups is 1. The van der Waals surface area contributed by atoms with Gasteiger partial charge in [0.05, 0.1) is 0 Å². The molecule has 0 rings (SSSR count). The molecule has 0 saturated heterocycles. The van der Waals surface area contributed by atoms with Crippen LogP contribution in [0, 0.1) is 5.41 Å². The minimum Gasteiger partial charge on any atom is -0.459 e. The van der Waals surface area contributed by atoms with Crippen molar-refractivity contribution in [2.24, 2.45) is 5.41 Å². The van der Waals surface area contributed by atoms with Gasteiger partial charge in [-0.3, -0.25) is 0 Å². The number of hydrogen-bond acceptors (Lipinski definition) is 2. The van der Waals surface area contributed by atoms with Gasteiger partial charge in [-0.15, -0.1) is 0 Å². The lowest BCUT2D eigenvalue weighted by molar-refractivity contribution is -0.149. The summed E-state index contributed by atoms with van der Waals surface area (Å²) in [7, 11) is 0. The van der Waals surface area contributed by atoms with Gasteiger partial charge in [-0.1, -0.05) is 65.9 Å². The van der Waals surface area contributed by atoms with Crippen molar-refractivity contribution in [3.05, 3.63) is 12.2 Å². The molecule has 0 aromatic carbocycles. The SMILES string of the molecule is C=C(C)C(=O)OC(C)C(C)(C)CCCCCCCC. The normalized spacial score (nSPS) is 13.1. The number of carbonyl (C=O) groups excluding carboxylic acids is 1. The standard InChI is InChI=1S/C17H32O2/c1-7-8-9-10-11-12-13-17(5,6)15(4)19-16(18)14(2)3/h15H,2,7-13H2,1,3-6H3. The predicted molar refractivity (Wildman–Crippen MR) is 82.1 cm³/mol. The molecule has 1 atom stereocenters. The van der Waals surface area contributed by atoms with E-state index in [1.54, 1.807) is 6.92 Å². The Morgan fingerprint density at radius 1 is 1.16 bits per heavy atom. The van der Waals surface area contributed by atoms with Gasteiger partial charge in [0.25, 0.3) is 0 Å². The van der Waals surface area contributed by atoms with Crippen molar-refractivity contribution in [2.45, 2.75) is 85.7 Å².